The maximum absolute atomic E-state index is 12.5. The van der Waals surface area contributed by atoms with Gasteiger partial charge in [0.2, 0.25) is 0 Å². The van der Waals surface area contributed by atoms with Gasteiger partial charge >= 0.3 is 23.9 Å². The van der Waals surface area contributed by atoms with Gasteiger partial charge in [0.25, 0.3) is 0 Å². The van der Waals surface area contributed by atoms with E-state index in [1.165, 1.54) is 24.3 Å². The van der Waals surface area contributed by atoms with Crippen LogP contribution in [-0.2, 0) is 14.3 Å². The van der Waals surface area contributed by atoms with E-state index < -0.39 is 29.8 Å². The van der Waals surface area contributed by atoms with Crippen LogP contribution in [0.4, 0.5) is 0 Å². The summed E-state index contributed by atoms with van der Waals surface area (Å²) in [5.41, 5.74) is 0.711. The zero-order chi connectivity index (χ0) is 18.4. The second-order valence-electron chi connectivity index (χ2n) is 5.81. The molecule has 0 saturated carbocycles. The van der Waals surface area contributed by atoms with Crippen molar-refractivity contribution in [2.24, 2.45) is 0 Å². The minimum Gasteiger partial charge on any atom is -0.493 e. The molecule has 6 rings (SSSR count). The average Bonchev–Trinajstić information content (AvgIpc) is 2.61. The molecule has 0 aromatic heterocycles. The van der Waals surface area contributed by atoms with Gasteiger partial charge in [-0.3, -0.25) is 4.79 Å². The molecule has 26 heavy (non-hydrogen) atoms. The lowest BCUT2D eigenvalue weighted by Gasteiger charge is -2.21. The number of carbonyl (C=O) groups is 4. The molecule has 4 aliphatic rings. The van der Waals surface area contributed by atoms with E-state index in [1.54, 1.807) is 19.1 Å². The highest BCUT2D eigenvalue weighted by atomic mass is 16.6. The van der Waals surface area contributed by atoms with Crippen molar-refractivity contribution >= 4 is 23.9 Å². The summed E-state index contributed by atoms with van der Waals surface area (Å²) in [5, 5.41) is 0. The Morgan fingerprint density at radius 1 is 0.808 bits per heavy atom. The van der Waals surface area contributed by atoms with Crippen LogP contribution in [0.2, 0.25) is 0 Å². The summed E-state index contributed by atoms with van der Waals surface area (Å²) in [5.74, 6) is -4.40. The summed E-state index contributed by atoms with van der Waals surface area (Å²) < 4.78 is 15.3. The molecule has 0 radical (unpaired) electrons. The maximum atomic E-state index is 12.5. The minimum atomic E-state index is -0.996. The number of benzene rings is 2. The van der Waals surface area contributed by atoms with Crippen LogP contribution in [0.5, 0.6) is 5.75 Å². The Hall–Kier alpha value is -3.48. The Kier molecular flexibility index (Phi) is 3.57. The number of fused-ring (bicyclic) bond motifs is 7. The number of carbonyl (C=O) groups excluding carboxylic acids is 4. The van der Waals surface area contributed by atoms with Crippen LogP contribution < -0.4 is 4.74 Å². The van der Waals surface area contributed by atoms with Gasteiger partial charge in [0, 0.05) is 0 Å². The van der Waals surface area contributed by atoms with E-state index in [0.717, 1.165) is 0 Å². The van der Waals surface area contributed by atoms with Gasteiger partial charge in [0.15, 0.2) is 0 Å². The highest BCUT2D eigenvalue weighted by molar-refractivity contribution is 6.12. The normalized spacial score (nSPS) is 18.1. The molecule has 1 atom stereocenters. The molecule has 0 amide bonds. The van der Waals surface area contributed by atoms with Crippen molar-refractivity contribution < 1.29 is 33.4 Å². The standard InChI is InChI=1S/C19H12O7/c1-2-24-14-8-10-4-6-12(14)17(21)25-18(22)13-7-9-3-5-11(13)16(20)26-19(23)15(9)10/h3-8,15H,2H2,1H3. The van der Waals surface area contributed by atoms with E-state index >= 15 is 0 Å². The van der Waals surface area contributed by atoms with Gasteiger partial charge in [-0.25, -0.2) is 14.4 Å². The first-order chi connectivity index (χ1) is 12.5. The quantitative estimate of drug-likeness (QED) is 0.604. The van der Waals surface area contributed by atoms with Crippen LogP contribution in [-0.4, -0.2) is 30.5 Å². The number of ether oxygens (including phenoxy) is 3. The van der Waals surface area contributed by atoms with Crippen molar-refractivity contribution in [3.05, 3.63) is 64.2 Å². The number of hydrogen-bond acceptors (Lipinski definition) is 7. The summed E-state index contributed by atoms with van der Waals surface area (Å²) in [6.07, 6.45) is 0. The fraction of sp³-hybridized carbons (Fsp3) is 0.158. The highest BCUT2D eigenvalue weighted by Gasteiger charge is 2.35. The number of rotatable bonds is 2. The molecule has 2 aromatic carbocycles. The predicted molar refractivity (Wildman–Crippen MR) is 86.1 cm³/mol. The van der Waals surface area contributed by atoms with Crippen LogP contribution >= 0.6 is 0 Å². The largest absolute Gasteiger partial charge is 0.493 e. The molecule has 1 unspecified atom stereocenters. The number of esters is 4. The van der Waals surface area contributed by atoms with Crippen molar-refractivity contribution in [3.63, 3.8) is 0 Å². The summed E-state index contributed by atoms with van der Waals surface area (Å²) in [6.45, 7) is 2.00. The lowest BCUT2D eigenvalue weighted by atomic mass is 9.87. The average molecular weight is 352 g/mol. The Balaban J connectivity index is 2.03. The molecular formula is C19H12O7. The molecule has 4 aliphatic heterocycles. The van der Waals surface area contributed by atoms with Gasteiger partial charge in [-0.1, -0.05) is 12.1 Å². The van der Waals surface area contributed by atoms with Crippen LogP contribution in [0.15, 0.2) is 36.4 Å². The second-order valence-corrected chi connectivity index (χ2v) is 5.81. The molecule has 0 saturated heterocycles. The van der Waals surface area contributed by atoms with Gasteiger partial charge in [-0.2, -0.15) is 0 Å². The van der Waals surface area contributed by atoms with E-state index in [-0.39, 0.29) is 29.0 Å². The summed E-state index contributed by atoms with van der Waals surface area (Å²) >= 11 is 0. The lowest BCUT2D eigenvalue weighted by Crippen LogP contribution is -2.26. The van der Waals surface area contributed by atoms with Gasteiger partial charge in [0.1, 0.15) is 17.2 Å². The van der Waals surface area contributed by atoms with E-state index in [0.29, 0.717) is 11.1 Å². The van der Waals surface area contributed by atoms with E-state index in [2.05, 4.69) is 0 Å². The Morgan fingerprint density at radius 2 is 1.42 bits per heavy atom. The molecule has 7 heteroatoms. The SMILES string of the molecule is CCOc1cc2ccc1C(=O)OC(=O)c1cc3ccc1C(=O)OC(=O)C23. The van der Waals surface area contributed by atoms with E-state index in [4.69, 9.17) is 14.2 Å². The number of hydrogen-bond donors (Lipinski definition) is 0. The van der Waals surface area contributed by atoms with Gasteiger partial charge in [-0.15, -0.1) is 0 Å². The Morgan fingerprint density at radius 3 is 2.15 bits per heavy atom. The first-order valence-corrected chi connectivity index (χ1v) is 7.92. The van der Waals surface area contributed by atoms with Crippen LogP contribution in [0, 0.1) is 0 Å². The highest BCUT2D eigenvalue weighted by Crippen LogP contribution is 2.35. The fourth-order valence-electron chi connectivity index (χ4n) is 3.11. The second kappa shape index (κ2) is 5.80. The zero-order valence-corrected chi connectivity index (χ0v) is 13.6. The first-order valence-electron chi connectivity index (χ1n) is 7.92. The smallest absolute Gasteiger partial charge is 0.349 e. The predicted octanol–water partition coefficient (Wildman–Crippen LogP) is 2.22. The van der Waals surface area contributed by atoms with Crippen LogP contribution in [0.1, 0.15) is 55.0 Å². The van der Waals surface area contributed by atoms with Crippen LogP contribution in [0.3, 0.4) is 0 Å². The molecular weight excluding hydrogens is 340 g/mol. The third-order valence-electron chi connectivity index (χ3n) is 4.29. The van der Waals surface area contributed by atoms with Crippen LogP contribution in [0.25, 0.3) is 0 Å². The Labute approximate surface area is 147 Å². The molecule has 130 valence electrons. The van der Waals surface area contributed by atoms with Crippen molar-refractivity contribution in [2.45, 2.75) is 12.8 Å². The minimum absolute atomic E-state index is 0.0539. The van der Waals surface area contributed by atoms with Crippen molar-refractivity contribution in [2.75, 3.05) is 6.61 Å². The van der Waals surface area contributed by atoms with Crippen molar-refractivity contribution in [1.29, 1.82) is 0 Å². The summed E-state index contributed by atoms with van der Waals surface area (Å²) in [4.78, 5) is 49.6. The lowest BCUT2D eigenvalue weighted by molar-refractivity contribution is -0.138. The first kappa shape index (κ1) is 16.0. The van der Waals surface area contributed by atoms with Gasteiger partial charge in [-0.05, 0) is 42.3 Å². The molecule has 6 bridgehead atoms. The maximum Gasteiger partial charge on any atom is 0.349 e. The van der Waals surface area contributed by atoms with Gasteiger partial charge in [0.05, 0.1) is 17.7 Å². The third kappa shape index (κ3) is 2.36. The fourth-order valence-corrected chi connectivity index (χ4v) is 3.11. The zero-order valence-electron chi connectivity index (χ0n) is 13.6. The Bertz CT molecular complexity index is 989. The van der Waals surface area contributed by atoms with Crippen molar-refractivity contribution in [3.8, 4) is 5.75 Å². The summed E-state index contributed by atoms with van der Waals surface area (Å²) in [6, 6.07) is 8.81. The molecule has 0 N–H and O–H groups in total. The van der Waals surface area contributed by atoms with Crippen molar-refractivity contribution in [1.82, 2.24) is 0 Å². The molecule has 4 heterocycles. The molecule has 0 aliphatic carbocycles. The summed E-state index contributed by atoms with van der Waals surface area (Å²) in [7, 11) is 0. The topological polar surface area (TPSA) is 96.0 Å². The molecule has 0 fully saturated rings. The third-order valence-corrected chi connectivity index (χ3v) is 4.29. The molecule has 0 spiro atoms. The molecule has 2 aromatic rings. The van der Waals surface area contributed by atoms with E-state index in [9.17, 15) is 19.2 Å². The monoisotopic (exact) mass is 352 g/mol. The van der Waals surface area contributed by atoms with E-state index in [1.807, 2.05) is 0 Å². The van der Waals surface area contributed by atoms with Gasteiger partial charge < -0.3 is 14.2 Å². The molecule has 7 nitrogen and oxygen atoms in total.